The van der Waals surface area contributed by atoms with Crippen molar-refractivity contribution in [1.29, 1.82) is 0 Å². The van der Waals surface area contributed by atoms with Gasteiger partial charge in [-0.2, -0.15) is 0 Å². The lowest BCUT2D eigenvalue weighted by molar-refractivity contribution is 0.117. The summed E-state index contributed by atoms with van der Waals surface area (Å²) in [6.45, 7) is 7.77. The molecule has 5 nitrogen and oxygen atoms in total. The predicted octanol–water partition coefficient (Wildman–Crippen LogP) is 1.09. The van der Waals surface area contributed by atoms with Gasteiger partial charge in [-0.15, -0.1) is 0 Å². The highest BCUT2D eigenvalue weighted by atomic mass is 16.5. The molecule has 0 saturated carbocycles. The fourth-order valence-corrected chi connectivity index (χ4v) is 1.59. The van der Waals surface area contributed by atoms with Crippen molar-refractivity contribution in [3.8, 4) is 0 Å². The maximum Gasteiger partial charge on any atom is 0.251 e. The average molecular weight is 253 g/mol. The maximum atomic E-state index is 11.5. The zero-order valence-corrected chi connectivity index (χ0v) is 11.6. The number of rotatable bonds is 7. The molecule has 0 fully saturated rings. The molecule has 0 aliphatic heterocycles. The smallest absolute Gasteiger partial charge is 0.251 e. The lowest BCUT2D eigenvalue weighted by atomic mass is 10.2. The second-order valence-electron chi connectivity index (χ2n) is 4.96. The first kappa shape index (κ1) is 14.9. The van der Waals surface area contributed by atoms with E-state index in [4.69, 9.17) is 4.74 Å². The molecule has 0 bridgehead atoms. The van der Waals surface area contributed by atoms with E-state index in [2.05, 4.69) is 29.1 Å². The standard InChI is InChI=1S/C13H23N3O2/c1-9(2)7-14-8-11-6-13(17)16-12(15-11)5-10(3)18-4/h6,9-10,14H,5,7-8H2,1-4H3,(H,15,16,17). The van der Waals surface area contributed by atoms with E-state index in [1.807, 2.05) is 6.92 Å². The van der Waals surface area contributed by atoms with E-state index in [9.17, 15) is 4.79 Å². The molecule has 0 saturated heterocycles. The number of aromatic nitrogens is 2. The van der Waals surface area contributed by atoms with Crippen LogP contribution in [0.25, 0.3) is 0 Å². The van der Waals surface area contributed by atoms with Gasteiger partial charge >= 0.3 is 0 Å². The number of H-pyrrole nitrogens is 1. The van der Waals surface area contributed by atoms with Gasteiger partial charge in [0.15, 0.2) is 0 Å². The lowest BCUT2D eigenvalue weighted by Crippen LogP contribution is -2.23. The first-order chi connectivity index (χ1) is 8.51. The molecule has 1 unspecified atom stereocenters. The number of hydrogen-bond acceptors (Lipinski definition) is 4. The van der Waals surface area contributed by atoms with Gasteiger partial charge in [-0.1, -0.05) is 13.8 Å². The molecule has 1 rings (SSSR count). The Morgan fingerprint density at radius 3 is 2.78 bits per heavy atom. The first-order valence-electron chi connectivity index (χ1n) is 6.34. The van der Waals surface area contributed by atoms with Crippen LogP contribution in [-0.4, -0.2) is 29.7 Å². The molecule has 0 aliphatic rings. The fraction of sp³-hybridized carbons (Fsp3) is 0.692. The number of nitrogens with zero attached hydrogens (tertiary/aromatic N) is 1. The third-order valence-corrected chi connectivity index (χ3v) is 2.59. The zero-order valence-electron chi connectivity index (χ0n) is 11.6. The van der Waals surface area contributed by atoms with Crippen LogP contribution in [0.2, 0.25) is 0 Å². The Morgan fingerprint density at radius 1 is 1.44 bits per heavy atom. The van der Waals surface area contributed by atoms with Crippen molar-refractivity contribution in [1.82, 2.24) is 15.3 Å². The summed E-state index contributed by atoms with van der Waals surface area (Å²) < 4.78 is 5.17. The Labute approximate surface area is 108 Å². The summed E-state index contributed by atoms with van der Waals surface area (Å²) in [6.07, 6.45) is 0.663. The molecule has 5 heteroatoms. The minimum absolute atomic E-state index is 0.0482. The summed E-state index contributed by atoms with van der Waals surface area (Å²) in [5, 5.41) is 3.28. The Morgan fingerprint density at radius 2 is 2.17 bits per heavy atom. The van der Waals surface area contributed by atoms with E-state index in [0.717, 1.165) is 12.2 Å². The van der Waals surface area contributed by atoms with E-state index in [1.165, 1.54) is 6.07 Å². The van der Waals surface area contributed by atoms with Gasteiger partial charge in [0.25, 0.3) is 5.56 Å². The maximum absolute atomic E-state index is 11.5. The summed E-state index contributed by atoms with van der Waals surface area (Å²) in [4.78, 5) is 18.7. The van der Waals surface area contributed by atoms with Gasteiger partial charge in [0, 0.05) is 26.1 Å². The molecule has 1 aromatic heterocycles. The minimum atomic E-state index is -0.107. The Bertz CT molecular complexity index is 415. The van der Waals surface area contributed by atoms with Crippen LogP contribution in [0.15, 0.2) is 10.9 Å². The molecule has 0 aromatic carbocycles. The van der Waals surface area contributed by atoms with Gasteiger partial charge in [-0.05, 0) is 19.4 Å². The Balaban J connectivity index is 2.65. The van der Waals surface area contributed by atoms with Crippen LogP contribution in [0, 0.1) is 5.92 Å². The van der Waals surface area contributed by atoms with Crippen LogP contribution in [0.1, 0.15) is 32.3 Å². The number of nitrogens with one attached hydrogen (secondary N) is 2. The van der Waals surface area contributed by atoms with E-state index < -0.39 is 0 Å². The molecule has 102 valence electrons. The highest BCUT2D eigenvalue weighted by Crippen LogP contribution is 1.99. The number of aromatic amines is 1. The monoisotopic (exact) mass is 253 g/mol. The summed E-state index contributed by atoms with van der Waals surface area (Å²) in [5.74, 6) is 1.26. The molecule has 0 spiro atoms. The highest BCUT2D eigenvalue weighted by Gasteiger charge is 2.06. The number of hydrogen-bond donors (Lipinski definition) is 2. The van der Waals surface area contributed by atoms with Crippen molar-refractivity contribution in [3.05, 3.63) is 27.9 Å². The molecule has 0 aliphatic carbocycles. The zero-order chi connectivity index (χ0) is 13.5. The summed E-state index contributed by atoms with van der Waals surface area (Å²) in [6, 6.07) is 1.54. The molecule has 2 N–H and O–H groups in total. The van der Waals surface area contributed by atoms with Crippen molar-refractivity contribution >= 4 is 0 Å². The van der Waals surface area contributed by atoms with Crippen molar-refractivity contribution in [2.45, 2.75) is 39.8 Å². The molecular weight excluding hydrogens is 230 g/mol. The molecule has 1 aromatic rings. The van der Waals surface area contributed by atoms with Gasteiger partial charge in [-0.3, -0.25) is 4.79 Å². The van der Waals surface area contributed by atoms with E-state index in [1.54, 1.807) is 7.11 Å². The van der Waals surface area contributed by atoms with Crippen LogP contribution in [-0.2, 0) is 17.7 Å². The third-order valence-electron chi connectivity index (χ3n) is 2.59. The summed E-state index contributed by atoms with van der Waals surface area (Å²) >= 11 is 0. The van der Waals surface area contributed by atoms with Crippen LogP contribution in [0.4, 0.5) is 0 Å². The SMILES string of the molecule is COC(C)Cc1nc(CNCC(C)C)cc(=O)[nH]1. The van der Waals surface area contributed by atoms with Gasteiger partial charge in [0.1, 0.15) is 5.82 Å². The lowest BCUT2D eigenvalue weighted by Gasteiger charge is -2.10. The van der Waals surface area contributed by atoms with Gasteiger partial charge in [-0.25, -0.2) is 4.98 Å². The van der Waals surface area contributed by atoms with Crippen molar-refractivity contribution in [2.75, 3.05) is 13.7 Å². The quantitative estimate of drug-likeness (QED) is 0.763. The fourth-order valence-electron chi connectivity index (χ4n) is 1.59. The summed E-state index contributed by atoms with van der Waals surface area (Å²) in [5.41, 5.74) is 0.669. The van der Waals surface area contributed by atoms with Crippen LogP contribution in [0.3, 0.4) is 0 Å². The Kier molecular flexibility index (Phi) is 6.01. The molecular formula is C13H23N3O2. The van der Waals surface area contributed by atoms with Crippen molar-refractivity contribution in [2.24, 2.45) is 5.92 Å². The van der Waals surface area contributed by atoms with Gasteiger partial charge < -0.3 is 15.0 Å². The second kappa shape index (κ2) is 7.28. The highest BCUT2D eigenvalue weighted by molar-refractivity contribution is 5.03. The van der Waals surface area contributed by atoms with Crippen molar-refractivity contribution in [3.63, 3.8) is 0 Å². The predicted molar refractivity (Wildman–Crippen MR) is 71.6 cm³/mol. The molecule has 1 heterocycles. The van der Waals surface area contributed by atoms with E-state index >= 15 is 0 Å². The van der Waals surface area contributed by atoms with E-state index in [-0.39, 0.29) is 11.7 Å². The van der Waals surface area contributed by atoms with E-state index in [0.29, 0.717) is 24.7 Å². The van der Waals surface area contributed by atoms with Crippen LogP contribution < -0.4 is 10.9 Å². The van der Waals surface area contributed by atoms with Crippen molar-refractivity contribution < 1.29 is 4.74 Å². The topological polar surface area (TPSA) is 67.0 Å². The first-order valence-corrected chi connectivity index (χ1v) is 6.34. The molecule has 1 atom stereocenters. The van der Waals surface area contributed by atoms with Crippen LogP contribution in [0.5, 0.6) is 0 Å². The average Bonchev–Trinajstić information content (AvgIpc) is 2.27. The minimum Gasteiger partial charge on any atom is -0.381 e. The normalized spacial score (nSPS) is 12.9. The van der Waals surface area contributed by atoms with Gasteiger partial charge in [0.05, 0.1) is 11.8 Å². The Hall–Kier alpha value is -1.20. The molecule has 0 amide bonds. The summed E-state index contributed by atoms with van der Waals surface area (Å²) in [7, 11) is 1.65. The largest absolute Gasteiger partial charge is 0.381 e. The number of methoxy groups -OCH3 is 1. The number of ether oxygens (including phenoxy) is 1. The van der Waals surface area contributed by atoms with Crippen LogP contribution >= 0.6 is 0 Å². The van der Waals surface area contributed by atoms with Gasteiger partial charge in [0.2, 0.25) is 0 Å². The second-order valence-corrected chi connectivity index (χ2v) is 4.96. The third kappa shape index (κ3) is 5.42. The molecule has 0 radical (unpaired) electrons. The molecule has 18 heavy (non-hydrogen) atoms.